The van der Waals surface area contributed by atoms with Crippen molar-refractivity contribution in [1.29, 1.82) is 0 Å². The first kappa shape index (κ1) is 11.6. The molecule has 0 amide bonds. The lowest BCUT2D eigenvalue weighted by Gasteiger charge is -2.26. The van der Waals surface area contributed by atoms with Crippen molar-refractivity contribution in [1.82, 2.24) is 0 Å². The van der Waals surface area contributed by atoms with Crippen LogP contribution >= 0.6 is 0 Å². The Labute approximate surface area is 91.5 Å². The van der Waals surface area contributed by atoms with Gasteiger partial charge in [-0.2, -0.15) is 0 Å². The number of terminal acetylenes is 1. The largest absolute Gasteiger partial charge is 0.385 e. The van der Waals surface area contributed by atoms with Crippen LogP contribution in [0.15, 0.2) is 43.0 Å². The average Bonchev–Trinajstić information content (AvgIpc) is 2.28. The second-order valence-corrected chi connectivity index (χ2v) is 3.59. The molecule has 1 nitrogen and oxygen atoms in total. The molecular weight excluding hydrogens is 184 g/mol. The molecule has 0 aliphatic rings. The zero-order chi connectivity index (χ0) is 11.1. The fourth-order valence-corrected chi connectivity index (χ4v) is 1.63. The van der Waals surface area contributed by atoms with Crippen molar-refractivity contribution in [2.45, 2.75) is 24.9 Å². The minimum Gasteiger partial charge on any atom is -0.385 e. The third-order valence-electron chi connectivity index (χ3n) is 2.48. The molecule has 1 unspecified atom stereocenters. The standard InChI is InChI=1S/C14H16O/c1-3-5-12-14(15,11-4-2)13-9-7-6-8-10-13/h1,4,6-10,15H,2,5,11-12H2. The average molecular weight is 200 g/mol. The molecule has 1 atom stereocenters. The van der Waals surface area contributed by atoms with E-state index in [1.54, 1.807) is 6.08 Å². The normalized spacial score (nSPS) is 13.9. The summed E-state index contributed by atoms with van der Waals surface area (Å²) in [5, 5.41) is 10.4. The molecule has 0 heterocycles. The molecule has 1 aromatic carbocycles. The van der Waals surface area contributed by atoms with E-state index in [9.17, 15) is 5.11 Å². The van der Waals surface area contributed by atoms with E-state index in [2.05, 4.69) is 12.5 Å². The summed E-state index contributed by atoms with van der Waals surface area (Å²) >= 11 is 0. The fraction of sp³-hybridized carbons (Fsp3) is 0.286. The molecule has 0 aliphatic carbocycles. The first-order chi connectivity index (χ1) is 7.23. The Morgan fingerprint density at radius 2 is 2.07 bits per heavy atom. The molecule has 0 fully saturated rings. The summed E-state index contributed by atoms with van der Waals surface area (Å²) in [6.07, 6.45) is 8.61. The van der Waals surface area contributed by atoms with Gasteiger partial charge in [0.1, 0.15) is 0 Å². The predicted octanol–water partition coefficient (Wildman–Crippen LogP) is 2.86. The van der Waals surface area contributed by atoms with Crippen molar-refractivity contribution in [2.24, 2.45) is 0 Å². The highest BCUT2D eigenvalue weighted by atomic mass is 16.3. The molecule has 0 saturated heterocycles. The Balaban J connectivity index is 2.91. The molecule has 1 rings (SSSR count). The van der Waals surface area contributed by atoms with Crippen LogP contribution in [0, 0.1) is 12.3 Å². The van der Waals surface area contributed by atoms with Gasteiger partial charge in [0.05, 0.1) is 5.60 Å². The molecule has 0 radical (unpaired) electrons. The van der Waals surface area contributed by atoms with E-state index >= 15 is 0 Å². The smallest absolute Gasteiger partial charge is 0.0939 e. The van der Waals surface area contributed by atoms with Crippen LogP contribution in [0.1, 0.15) is 24.8 Å². The summed E-state index contributed by atoms with van der Waals surface area (Å²) in [6, 6.07) is 9.59. The molecule has 78 valence electrons. The number of benzene rings is 1. The molecule has 1 N–H and O–H groups in total. The van der Waals surface area contributed by atoms with Gasteiger partial charge in [-0.25, -0.2) is 0 Å². The van der Waals surface area contributed by atoms with Crippen LogP contribution in [0.3, 0.4) is 0 Å². The minimum atomic E-state index is -0.866. The van der Waals surface area contributed by atoms with Gasteiger partial charge in [-0.15, -0.1) is 18.9 Å². The number of rotatable bonds is 5. The van der Waals surface area contributed by atoms with Gasteiger partial charge in [0.15, 0.2) is 0 Å². The SMILES string of the molecule is C#CCCC(O)(CC=C)c1ccccc1. The highest BCUT2D eigenvalue weighted by Gasteiger charge is 2.26. The minimum absolute atomic E-state index is 0.526. The summed E-state index contributed by atoms with van der Waals surface area (Å²) in [4.78, 5) is 0. The Bertz CT molecular complexity index is 347. The monoisotopic (exact) mass is 200 g/mol. The molecule has 0 saturated carbocycles. The molecule has 0 bridgehead atoms. The van der Waals surface area contributed by atoms with Gasteiger partial charge in [-0.05, 0) is 18.4 Å². The van der Waals surface area contributed by atoms with E-state index < -0.39 is 5.60 Å². The van der Waals surface area contributed by atoms with Crippen molar-refractivity contribution in [3.05, 3.63) is 48.6 Å². The summed E-state index contributed by atoms with van der Waals surface area (Å²) in [7, 11) is 0. The van der Waals surface area contributed by atoms with E-state index in [1.165, 1.54) is 0 Å². The third kappa shape index (κ3) is 2.97. The van der Waals surface area contributed by atoms with E-state index in [1.807, 2.05) is 30.3 Å². The van der Waals surface area contributed by atoms with Gasteiger partial charge in [0.2, 0.25) is 0 Å². The van der Waals surface area contributed by atoms with Crippen molar-refractivity contribution in [3.8, 4) is 12.3 Å². The predicted molar refractivity (Wildman–Crippen MR) is 63.2 cm³/mol. The van der Waals surface area contributed by atoms with Crippen LogP contribution in [0.2, 0.25) is 0 Å². The quantitative estimate of drug-likeness (QED) is 0.572. The molecule has 15 heavy (non-hydrogen) atoms. The van der Waals surface area contributed by atoms with Gasteiger partial charge in [0.25, 0.3) is 0 Å². The molecule has 0 aliphatic heterocycles. The molecular formula is C14H16O. The van der Waals surface area contributed by atoms with Gasteiger partial charge >= 0.3 is 0 Å². The highest BCUT2D eigenvalue weighted by molar-refractivity contribution is 5.23. The van der Waals surface area contributed by atoms with Crippen LogP contribution in [-0.4, -0.2) is 5.11 Å². The molecule has 0 spiro atoms. The van der Waals surface area contributed by atoms with Crippen molar-refractivity contribution in [2.75, 3.05) is 0 Å². The second kappa shape index (κ2) is 5.38. The summed E-state index contributed by atoms with van der Waals surface area (Å²) < 4.78 is 0. The number of hydrogen-bond donors (Lipinski definition) is 1. The maximum atomic E-state index is 10.4. The van der Waals surface area contributed by atoms with Crippen molar-refractivity contribution >= 4 is 0 Å². The maximum absolute atomic E-state index is 10.4. The van der Waals surface area contributed by atoms with Gasteiger partial charge in [-0.3, -0.25) is 0 Å². The Kier molecular flexibility index (Phi) is 4.15. The van der Waals surface area contributed by atoms with Crippen LogP contribution in [0.25, 0.3) is 0 Å². The first-order valence-corrected chi connectivity index (χ1v) is 5.05. The topological polar surface area (TPSA) is 20.2 Å². The summed E-state index contributed by atoms with van der Waals surface area (Å²) in [5.74, 6) is 2.56. The Morgan fingerprint density at radius 3 is 2.60 bits per heavy atom. The lowest BCUT2D eigenvalue weighted by Crippen LogP contribution is -2.24. The Morgan fingerprint density at radius 1 is 1.40 bits per heavy atom. The molecule has 1 aromatic rings. The lowest BCUT2D eigenvalue weighted by molar-refractivity contribution is 0.0320. The third-order valence-corrected chi connectivity index (χ3v) is 2.48. The lowest BCUT2D eigenvalue weighted by atomic mass is 9.86. The Hall–Kier alpha value is -1.52. The second-order valence-electron chi connectivity index (χ2n) is 3.59. The zero-order valence-corrected chi connectivity index (χ0v) is 8.82. The number of aliphatic hydroxyl groups is 1. The van der Waals surface area contributed by atoms with Gasteiger partial charge < -0.3 is 5.11 Å². The number of hydrogen-bond acceptors (Lipinski definition) is 1. The van der Waals surface area contributed by atoms with E-state index in [0.29, 0.717) is 19.3 Å². The van der Waals surface area contributed by atoms with Crippen molar-refractivity contribution in [3.63, 3.8) is 0 Å². The molecule has 1 heteroatoms. The van der Waals surface area contributed by atoms with Crippen LogP contribution in [0.4, 0.5) is 0 Å². The summed E-state index contributed by atoms with van der Waals surface area (Å²) in [6.45, 7) is 3.67. The van der Waals surface area contributed by atoms with Crippen LogP contribution in [-0.2, 0) is 5.60 Å². The van der Waals surface area contributed by atoms with E-state index in [4.69, 9.17) is 6.42 Å². The van der Waals surface area contributed by atoms with Crippen LogP contribution < -0.4 is 0 Å². The van der Waals surface area contributed by atoms with Crippen LogP contribution in [0.5, 0.6) is 0 Å². The van der Waals surface area contributed by atoms with Gasteiger partial charge in [-0.1, -0.05) is 36.4 Å². The summed E-state index contributed by atoms with van der Waals surface area (Å²) in [5.41, 5.74) is 0.0372. The van der Waals surface area contributed by atoms with Crippen molar-refractivity contribution < 1.29 is 5.11 Å². The molecule has 0 aromatic heterocycles. The maximum Gasteiger partial charge on any atom is 0.0939 e. The first-order valence-electron chi connectivity index (χ1n) is 5.05. The highest BCUT2D eigenvalue weighted by Crippen LogP contribution is 2.30. The fourth-order valence-electron chi connectivity index (χ4n) is 1.63. The van der Waals surface area contributed by atoms with Gasteiger partial charge in [0, 0.05) is 6.42 Å². The van der Waals surface area contributed by atoms with E-state index in [-0.39, 0.29) is 0 Å². The zero-order valence-electron chi connectivity index (χ0n) is 8.82. The van der Waals surface area contributed by atoms with E-state index in [0.717, 1.165) is 5.56 Å².